The standard InChI is InChI=1S/C12H20N2O6S/c1-14(10-7-20-6-9(10)11(15)16)12(17)13-5-8-3-2-4-21(8,18)19/h8-10H,2-7H2,1H3,(H,13,17)(H,15,16). The van der Waals surface area contributed by atoms with Gasteiger partial charge in [0.2, 0.25) is 0 Å². The fourth-order valence-electron chi connectivity index (χ4n) is 2.72. The Kier molecular flexibility index (Phi) is 4.72. The number of rotatable bonds is 4. The van der Waals surface area contributed by atoms with Gasteiger partial charge in [-0.15, -0.1) is 0 Å². The number of nitrogens with zero attached hydrogens (tertiary/aromatic N) is 1. The van der Waals surface area contributed by atoms with Crippen molar-refractivity contribution in [2.45, 2.75) is 24.1 Å². The van der Waals surface area contributed by atoms with Crippen LogP contribution in [0.1, 0.15) is 12.8 Å². The van der Waals surface area contributed by atoms with Crippen molar-refractivity contribution >= 4 is 21.8 Å². The van der Waals surface area contributed by atoms with E-state index in [1.807, 2.05) is 0 Å². The number of carboxylic acids is 1. The summed E-state index contributed by atoms with van der Waals surface area (Å²) in [7, 11) is -1.61. The largest absolute Gasteiger partial charge is 0.481 e. The minimum atomic E-state index is -3.10. The molecule has 3 unspecified atom stereocenters. The molecule has 3 atom stereocenters. The molecule has 2 saturated heterocycles. The number of urea groups is 1. The number of carbonyl (C=O) groups is 2. The SMILES string of the molecule is CN(C(=O)NCC1CCCS1(=O)=O)C1COCC1C(=O)O. The molecule has 0 bridgehead atoms. The summed E-state index contributed by atoms with van der Waals surface area (Å²) in [5.41, 5.74) is 0. The van der Waals surface area contributed by atoms with E-state index in [0.29, 0.717) is 12.8 Å². The molecule has 120 valence electrons. The highest BCUT2D eigenvalue weighted by Crippen LogP contribution is 2.20. The van der Waals surface area contributed by atoms with Crippen LogP contribution in [-0.2, 0) is 19.4 Å². The first-order valence-corrected chi connectivity index (χ1v) is 8.57. The van der Waals surface area contributed by atoms with E-state index in [1.165, 1.54) is 11.9 Å². The van der Waals surface area contributed by atoms with E-state index in [1.54, 1.807) is 0 Å². The predicted octanol–water partition coefficient (Wildman–Crippen LogP) is -0.695. The van der Waals surface area contributed by atoms with Crippen LogP contribution in [0.4, 0.5) is 4.79 Å². The summed E-state index contributed by atoms with van der Waals surface area (Å²) in [6.07, 6.45) is 1.17. The molecule has 0 saturated carbocycles. The normalized spacial score (nSPS) is 31.0. The van der Waals surface area contributed by atoms with Crippen LogP contribution >= 0.6 is 0 Å². The summed E-state index contributed by atoms with van der Waals surface area (Å²) in [6, 6.07) is -1.01. The van der Waals surface area contributed by atoms with Crippen molar-refractivity contribution in [3.63, 3.8) is 0 Å². The molecule has 2 fully saturated rings. The molecule has 0 aromatic carbocycles. The lowest BCUT2D eigenvalue weighted by molar-refractivity contribution is -0.142. The molecule has 2 amide bonds. The zero-order chi connectivity index (χ0) is 15.6. The average Bonchev–Trinajstić information content (AvgIpc) is 3.01. The molecule has 0 aliphatic carbocycles. The topological polar surface area (TPSA) is 113 Å². The Morgan fingerprint density at radius 2 is 2.10 bits per heavy atom. The quantitative estimate of drug-likeness (QED) is 0.708. The van der Waals surface area contributed by atoms with Gasteiger partial charge in [-0.05, 0) is 12.8 Å². The first-order valence-electron chi connectivity index (χ1n) is 6.85. The van der Waals surface area contributed by atoms with Crippen LogP contribution < -0.4 is 5.32 Å². The third-order valence-electron chi connectivity index (χ3n) is 4.13. The summed E-state index contributed by atoms with van der Waals surface area (Å²) < 4.78 is 28.5. The second kappa shape index (κ2) is 6.18. The Hall–Kier alpha value is -1.35. The monoisotopic (exact) mass is 320 g/mol. The van der Waals surface area contributed by atoms with Gasteiger partial charge in [-0.2, -0.15) is 0 Å². The van der Waals surface area contributed by atoms with Crippen LogP contribution in [0.2, 0.25) is 0 Å². The van der Waals surface area contributed by atoms with E-state index >= 15 is 0 Å². The number of sulfone groups is 1. The van der Waals surface area contributed by atoms with Crippen molar-refractivity contribution in [1.82, 2.24) is 10.2 Å². The molecule has 21 heavy (non-hydrogen) atoms. The fourth-order valence-corrected chi connectivity index (χ4v) is 4.49. The smallest absolute Gasteiger partial charge is 0.317 e. The molecular weight excluding hydrogens is 300 g/mol. The van der Waals surface area contributed by atoms with Gasteiger partial charge in [-0.3, -0.25) is 4.79 Å². The minimum absolute atomic E-state index is 0.0663. The van der Waals surface area contributed by atoms with Gasteiger partial charge in [0, 0.05) is 13.6 Å². The van der Waals surface area contributed by atoms with Crippen LogP contribution in [0.3, 0.4) is 0 Å². The van der Waals surface area contributed by atoms with Crippen molar-refractivity contribution in [3.05, 3.63) is 0 Å². The first-order chi connectivity index (χ1) is 9.83. The number of amides is 2. The number of carbonyl (C=O) groups excluding carboxylic acids is 1. The fraction of sp³-hybridized carbons (Fsp3) is 0.833. The lowest BCUT2D eigenvalue weighted by Crippen LogP contribution is -2.49. The Bertz CT molecular complexity index is 520. The second-order valence-electron chi connectivity index (χ2n) is 5.48. The molecule has 0 spiro atoms. The maximum atomic E-state index is 12.0. The molecule has 0 radical (unpaired) electrons. The van der Waals surface area contributed by atoms with E-state index in [9.17, 15) is 18.0 Å². The summed E-state index contributed by atoms with van der Waals surface area (Å²) >= 11 is 0. The summed E-state index contributed by atoms with van der Waals surface area (Å²) in [5, 5.41) is 11.1. The van der Waals surface area contributed by atoms with Gasteiger partial charge in [-0.25, -0.2) is 13.2 Å². The van der Waals surface area contributed by atoms with Crippen molar-refractivity contribution in [2.75, 3.05) is 32.6 Å². The molecule has 2 N–H and O–H groups in total. The van der Waals surface area contributed by atoms with Gasteiger partial charge in [-0.1, -0.05) is 0 Å². The average molecular weight is 320 g/mol. The van der Waals surface area contributed by atoms with Gasteiger partial charge in [0.1, 0.15) is 5.92 Å². The van der Waals surface area contributed by atoms with E-state index in [0.717, 1.165) is 0 Å². The molecule has 0 aromatic heterocycles. The summed E-state index contributed by atoms with van der Waals surface area (Å²) in [6.45, 7) is 0.314. The highest BCUT2D eigenvalue weighted by atomic mass is 32.2. The third kappa shape index (κ3) is 3.46. The summed E-state index contributed by atoms with van der Waals surface area (Å²) in [4.78, 5) is 24.4. The number of hydrogen-bond acceptors (Lipinski definition) is 5. The highest BCUT2D eigenvalue weighted by Gasteiger charge is 2.39. The zero-order valence-corrected chi connectivity index (χ0v) is 12.6. The van der Waals surface area contributed by atoms with Crippen LogP contribution in [0.25, 0.3) is 0 Å². The van der Waals surface area contributed by atoms with Crippen molar-refractivity contribution < 1.29 is 27.9 Å². The van der Waals surface area contributed by atoms with E-state index in [4.69, 9.17) is 9.84 Å². The number of hydrogen-bond donors (Lipinski definition) is 2. The van der Waals surface area contributed by atoms with Crippen molar-refractivity contribution in [2.24, 2.45) is 5.92 Å². The van der Waals surface area contributed by atoms with Gasteiger partial charge >= 0.3 is 12.0 Å². The maximum Gasteiger partial charge on any atom is 0.317 e. The van der Waals surface area contributed by atoms with Crippen LogP contribution in [-0.4, -0.2) is 74.3 Å². The maximum absolute atomic E-state index is 12.0. The Morgan fingerprint density at radius 3 is 2.67 bits per heavy atom. The summed E-state index contributed by atoms with van der Waals surface area (Å²) in [5.74, 6) is -1.59. The number of carboxylic acid groups (broad SMARTS) is 1. The van der Waals surface area contributed by atoms with E-state index in [-0.39, 0.29) is 25.5 Å². The molecule has 2 aliphatic heterocycles. The van der Waals surface area contributed by atoms with Crippen LogP contribution in [0.15, 0.2) is 0 Å². The third-order valence-corrected chi connectivity index (χ3v) is 6.41. The van der Waals surface area contributed by atoms with Crippen molar-refractivity contribution in [1.29, 1.82) is 0 Å². The minimum Gasteiger partial charge on any atom is -0.481 e. The molecule has 0 aromatic rings. The predicted molar refractivity (Wildman–Crippen MR) is 73.7 cm³/mol. The zero-order valence-electron chi connectivity index (χ0n) is 11.8. The molecule has 9 heteroatoms. The Balaban J connectivity index is 1.89. The molecule has 2 heterocycles. The number of ether oxygens (including phenoxy) is 1. The number of nitrogens with one attached hydrogen (secondary N) is 1. The molecule has 8 nitrogen and oxygen atoms in total. The van der Waals surface area contributed by atoms with Gasteiger partial charge in [0.05, 0.1) is 30.3 Å². The molecule has 2 rings (SSSR count). The molecule has 2 aliphatic rings. The lowest BCUT2D eigenvalue weighted by atomic mass is 10.0. The van der Waals surface area contributed by atoms with Gasteiger partial charge in [0.25, 0.3) is 0 Å². The van der Waals surface area contributed by atoms with Crippen LogP contribution in [0, 0.1) is 5.92 Å². The second-order valence-corrected chi connectivity index (χ2v) is 7.88. The Labute approximate surface area is 123 Å². The molecular formula is C12H20N2O6S. The van der Waals surface area contributed by atoms with Gasteiger partial charge < -0.3 is 20.1 Å². The number of aliphatic carboxylic acids is 1. The Morgan fingerprint density at radius 1 is 1.38 bits per heavy atom. The van der Waals surface area contributed by atoms with E-state index in [2.05, 4.69) is 5.32 Å². The van der Waals surface area contributed by atoms with Crippen molar-refractivity contribution in [3.8, 4) is 0 Å². The lowest BCUT2D eigenvalue weighted by Gasteiger charge is -2.27. The number of likely N-dealkylation sites (N-methyl/N-ethyl adjacent to an activating group) is 1. The first kappa shape index (κ1) is 16.0. The van der Waals surface area contributed by atoms with E-state index < -0.39 is 39.0 Å². The van der Waals surface area contributed by atoms with Gasteiger partial charge in [0.15, 0.2) is 9.84 Å². The highest BCUT2D eigenvalue weighted by molar-refractivity contribution is 7.92. The van der Waals surface area contributed by atoms with Crippen LogP contribution in [0.5, 0.6) is 0 Å².